The first-order chi connectivity index (χ1) is 11.0. The SMILES string of the molecule is CN(C)CCN(C)c1ccc(C(=O)OOC(C)(C)C)c([N+](=O)[O-])c1. The highest BCUT2D eigenvalue weighted by molar-refractivity contribution is 5.94. The van der Waals surface area contributed by atoms with E-state index in [1.807, 2.05) is 30.9 Å². The van der Waals surface area contributed by atoms with Gasteiger partial charge < -0.3 is 9.80 Å². The molecule has 0 aromatic heterocycles. The van der Waals surface area contributed by atoms with E-state index in [0.717, 1.165) is 6.54 Å². The van der Waals surface area contributed by atoms with Gasteiger partial charge in [0.05, 0.1) is 4.92 Å². The minimum Gasteiger partial charge on any atom is -0.373 e. The van der Waals surface area contributed by atoms with E-state index in [4.69, 9.17) is 9.78 Å². The van der Waals surface area contributed by atoms with Crippen LogP contribution in [0.3, 0.4) is 0 Å². The number of nitro benzene ring substituents is 1. The standard InChI is InChI=1S/C16H25N3O5/c1-16(2,3)24-23-15(20)13-8-7-12(11-14(13)19(21)22)18(6)10-9-17(4)5/h7-8,11H,9-10H2,1-6H3. The molecule has 0 saturated carbocycles. The Morgan fingerprint density at radius 1 is 1.21 bits per heavy atom. The topological polar surface area (TPSA) is 85.2 Å². The largest absolute Gasteiger partial charge is 0.380 e. The van der Waals surface area contributed by atoms with Crippen LogP contribution in [0.2, 0.25) is 0 Å². The number of rotatable bonds is 7. The van der Waals surface area contributed by atoms with E-state index < -0.39 is 16.5 Å². The van der Waals surface area contributed by atoms with Crippen molar-refractivity contribution in [1.29, 1.82) is 0 Å². The van der Waals surface area contributed by atoms with Crippen molar-refractivity contribution in [2.45, 2.75) is 26.4 Å². The van der Waals surface area contributed by atoms with Gasteiger partial charge in [-0.05, 0) is 47.0 Å². The quantitative estimate of drug-likeness (QED) is 0.428. The highest BCUT2D eigenvalue weighted by Gasteiger charge is 2.25. The monoisotopic (exact) mass is 339 g/mol. The number of carbonyl (C=O) groups excluding carboxylic acids is 1. The number of hydrogen-bond donors (Lipinski definition) is 0. The van der Waals surface area contributed by atoms with E-state index in [1.54, 1.807) is 26.8 Å². The van der Waals surface area contributed by atoms with Crippen molar-refractivity contribution < 1.29 is 19.5 Å². The van der Waals surface area contributed by atoms with Crippen LogP contribution < -0.4 is 4.90 Å². The average Bonchev–Trinajstić information content (AvgIpc) is 2.48. The van der Waals surface area contributed by atoms with Crippen molar-refractivity contribution in [2.24, 2.45) is 0 Å². The van der Waals surface area contributed by atoms with Crippen molar-refractivity contribution in [2.75, 3.05) is 39.1 Å². The maximum Gasteiger partial charge on any atom is 0.380 e. The first-order valence-corrected chi connectivity index (χ1v) is 7.55. The minimum atomic E-state index is -0.890. The number of nitrogens with zero attached hydrogens (tertiary/aromatic N) is 3. The predicted molar refractivity (Wildman–Crippen MR) is 91.2 cm³/mol. The Bertz CT molecular complexity index is 596. The minimum absolute atomic E-state index is 0.144. The van der Waals surface area contributed by atoms with Crippen molar-refractivity contribution in [3.8, 4) is 0 Å². The van der Waals surface area contributed by atoms with E-state index in [0.29, 0.717) is 12.2 Å². The molecule has 0 unspecified atom stereocenters. The van der Waals surface area contributed by atoms with E-state index in [1.165, 1.54) is 12.1 Å². The summed E-state index contributed by atoms with van der Waals surface area (Å²) in [6.45, 7) is 6.61. The zero-order valence-corrected chi connectivity index (χ0v) is 15.0. The molecule has 0 atom stereocenters. The van der Waals surface area contributed by atoms with E-state index in [-0.39, 0.29) is 11.3 Å². The second kappa shape index (κ2) is 8.07. The molecule has 8 heteroatoms. The van der Waals surface area contributed by atoms with Crippen LogP contribution in [0.15, 0.2) is 18.2 Å². The van der Waals surface area contributed by atoms with Crippen LogP contribution >= 0.6 is 0 Å². The molecule has 0 saturated heterocycles. The van der Waals surface area contributed by atoms with E-state index in [2.05, 4.69) is 0 Å². The molecular formula is C16H25N3O5. The molecule has 134 valence electrons. The zero-order valence-electron chi connectivity index (χ0n) is 15.0. The lowest BCUT2D eigenvalue weighted by atomic mass is 10.1. The molecule has 0 aliphatic rings. The molecular weight excluding hydrogens is 314 g/mol. The number of carbonyl (C=O) groups is 1. The lowest BCUT2D eigenvalue weighted by molar-refractivity contribution is -0.385. The molecule has 24 heavy (non-hydrogen) atoms. The summed E-state index contributed by atoms with van der Waals surface area (Å²) in [6, 6.07) is 4.40. The Hall–Kier alpha value is -2.19. The summed E-state index contributed by atoms with van der Waals surface area (Å²) in [4.78, 5) is 36.3. The van der Waals surface area contributed by atoms with Crippen LogP contribution in [0.1, 0.15) is 31.1 Å². The summed E-state index contributed by atoms with van der Waals surface area (Å²) < 4.78 is 0. The first-order valence-electron chi connectivity index (χ1n) is 7.55. The molecule has 0 aliphatic heterocycles. The Morgan fingerprint density at radius 3 is 2.33 bits per heavy atom. The normalized spacial score (nSPS) is 11.5. The fourth-order valence-corrected chi connectivity index (χ4v) is 1.77. The van der Waals surface area contributed by atoms with Crippen LogP contribution in [-0.2, 0) is 9.78 Å². The fraction of sp³-hybridized carbons (Fsp3) is 0.562. The van der Waals surface area contributed by atoms with Crippen LogP contribution in [0.5, 0.6) is 0 Å². The van der Waals surface area contributed by atoms with Crippen LogP contribution in [0.25, 0.3) is 0 Å². The average molecular weight is 339 g/mol. The number of hydrogen-bond acceptors (Lipinski definition) is 7. The molecule has 0 amide bonds. The molecule has 0 N–H and O–H groups in total. The molecule has 1 aromatic rings. The number of benzene rings is 1. The second-order valence-corrected chi connectivity index (χ2v) is 6.75. The van der Waals surface area contributed by atoms with Gasteiger partial charge in [0.1, 0.15) is 11.2 Å². The van der Waals surface area contributed by atoms with Crippen molar-refractivity contribution in [1.82, 2.24) is 4.90 Å². The van der Waals surface area contributed by atoms with Gasteiger partial charge >= 0.3 is 5.97 Å². The van der Waals surface area contributed by atoms with Crippen molar-refractivity contribution >= 4 is 17.3 Å². The molecule has 0 radical (unpaired) electrons. The van der Waals surface area contributed by atoms with Gasteiger partial charge in [-0.15, -0.1) is 0 Å². The molecule has 0 aliphatic carbocycles. The summed E-state index contributed by atoms with van der Waals surface area (Å²) in [7, 11) is 5.73. The van der Waals surface area contributed by atoms with Crippen molar-refractivity contribution in [3.63, 3.8) is 0 Å². The molecule has 0 bridgehead atoms. The van der Waals surface area contributed by atoms with Gasteiger partial charge in [0.15, 0.2) is 0 Å². The van der Waals surface area contributed by atoms with E-state index in [9.17, 15) is 14.9 Å². The Kier molecular flexibility index (Phi) is 6.68. The number of nitro groups is 1. The molecule has 0 spiro atoms. The van der Waals surface area contributed by atoms with Crippen LogP contribution in [0, 0.1) is 10.1 Å². The number of likely N-dealkylation sites (N-methyl/N-ethyl adjacent to an activating group) is 2. The summed E-state index contributed by atoms with van der Waals surface area (Å²) in [5.74, 6) is -0.890. The van der Waals surface area contributed by atoms with Gasteiger partial charge in [-0.1, -0.05) is 0 Å². The summed E-state index contributed by atoms with van der Waals surface area (Å²) in [5, 5.41) is 11.3. The molecule has 8 nitrogen and oxygen atoms in total. The summed E-state index contributed by atoms with van der Waals surface area (Å²) in [5.41, 5.74) is -0.505. The third kappa shape index (κ3) is 6.13. The Labute approximate surface area is 142 Å². The maximum absolute atomic E-state index is 12.0. The van der Waals surface area contributed by atoms with Gasteiger partial charge in [-0.2, -0.15) is 4.89 Å². The Balaban J connectivity index is 2.99. The third-order valence-electron chi connectivity index (χ3n) is 3.09. The number of anilines is 1. The van der Waals surface area contributed by atoms with Crippen LogP contribution in [-0.4, -0.2) is 55.6 Å². The predicted octanol–water partition coefficient (Wildman–Crippen LogP) is 2.48. The Morgan fingerprint density at radius 2 is 1.83 bits per heavy atom. The van der Waals surface area contributed by atoms with Gasteiger partial charge in [0, 0.05) is 31.9 Å². The van der Waals surface area contributed by atoms with Gasteiger partial charge in [-0.25, -0.2) is 4.79 Å². The lowest BCUT2D eigenvalue weighted by Crippen LogP contribution is -2.28. The molecule has 1 rings (SSSR count). The van der Waals surface area contributed by atoms with Gasteiger partial charge in [-0.3, -0.25) is 15.0 Å². The van der Waals surface area contributed by atoms with Crippen LogP contribution in [0.4, 0.5) is 11.4 Å². The van der Waals surface area contributed by atoms with Gasteiger partial charge in [0.25, 0.3) is 5.69 Å². The maximum atomic E-state index is 12.0. The van der Waals surface area contributed by atoms with Crippen molar-refractivity contribution in [3.05, 3.63) is 33.9 Å². The summed E-state index contributed by atoms with van der Waals surface area (Å²) >= 11 is 0. The molecule has 1 aromatic carbocycles. The summed E-state index contributed by atoms with van der Waals surface area (Å²) in [6.07, 6.45) is 0. The smallest absolute Gasteiger partial charge is 0.373 e. The lowest BCUT2D eigenvalue weighted by Gasteiger charge is -2.21. The first kappa shape index (κ1) is 19.9. The molecule has 0 fully saturated rings. The van der Waals surface area contributed by atoms with E-state index >= 15 is 0 Å². The van der Waals surface area contributed by atoms with Gasteiger partial charge in [0.2, 0.25) is 0 Å². The zero-order chi connectivity index (χ0) is 18.5. The fourth-order valence-electron chi connectivity index (χ4n) is 1.77. The third-order valence-corrected chi connectivity index (χ3v) is 3.09. The molecule has 0 heterocycles. The highest BCUT2D eigenvalue weighted by Crippen LogP contribution is 2.26. The highest BCUT2D eigenvalue weighted by atomic mass is 17.2. The second-order valence-electron chi connectivity index (χ2n) is 6.75.